The molecule has 1 aromatic carbocycles. The van der Waals surface area contributed by atoms with E-state index in [9.17, 15) is 0 Å². The minimum absolute atomic E-state index is 0.587. The molecule has 22 heavy (non-hydrogen) atoms. The van der Waals surface area contributed by atoms with E-state index in [0.717, 1.165) is 26.5 Å². The van der Waals surface area contributed by atoms with Gasteiger partial charge in [-0.15, -0.1) is 11.3 Å². The fourth-order valence-electron chi connectivity index (χ4n) is 1.86. The molecule has 0 atom stereocenters. The first-order chi connectivity index (χ1) is 10.7. The van der Waals surface area contributed by atoms with Gasteiger partial charge in [-0.25, -0.2) is 15.0 Å². The fraction of sp³-hybridized carbons (Fsp3) is 0.133. The highest BCUT2D eigenvalue weighted by Gasteiger charge is 2.09. The molecular formula is C15H13ClN4S2. The molecule has 0 spiro atoms. The number of halogens is 1. The highest BCUT2D eigenvalue weighted by molar-refractivity contribution is 7.98. The Labute approximate surface area is 142 Å². The molecule has 112 valence electrons. The highest BCUT2D eigenvalue weighted by atomic mass is 35.5. The van der Waals surface area contributed by atoms with Gasteiger partial charge in [0.2, 0.25) is 0 Å². The molecule has 0 aliphatic rings. The van der Waals surface area contributed by atoms with Gasteiger partial charge in [0.25, 0.3) is 0 Å². The molecule has 3 aromatic rings. The van der Waals surface area contributed by atoms with Crippen molar-refractivity contribution in [3.8, 4) is 0 Å². The molecule has 0 saturated carbocycles. The van der Waals surface area contributed by atoms with Gasteiger partial charge in [0.05, 0.1) is 16.9 Å². The van der Waals surface area contributed by atoms with E-state index in [1.54, 1.807) is 17.5 Å². The maximum absolute atomic E-state index is 6.17. The molecule has 0 amide bonds. The van der Waals surface area contributed by atoms with Crippen LogP contribution in [0.1, 0.15) is 10.6 Å². The molecular weight excluding hydrogens is 336 g/mol. The van der Waals surface area contributed by atoms with Gasteiger partial charge in [-0.05, 0) is 18.4 Å². The number of thioether (sulfide) groups is 1. The molecule has 0 radical (unpaired) electrons. The quantitative estimate of drug-likeness (QED) is 0.537. The first-order valence-corrected chi connectivity index (χ1v) is 8.98. The summed E-state index contributed by atoms with van der Waals surface area (Å²) in [6.45, 7) is 0. The average molecular weight is 349 g/mol. The van der Waals surface area contributed by atoms with E-state index in [0.29, 0.717) is 11.4 Å². The van der Waals surface area contributed by atoms with Crippen molar-refractivity contribution in [1.82, 2.24) is 15.0 Å². The van der Waals surface area contributed by atoms with E-state index >= 15 is 0 Å². The van der Waals surface area contributed by atoms with Crippen molar-refractivity contribution in [2.24, 2.45) is 0 Å². The van der Waals surface area contributed by atoms with Crippen LogP contribution in [0.4, 0.5) is 10.8 Å². The van der Waals surface area contributed by atoms with Crippen LogP contribution in [0.15, 0.2) is 47.9 Å². The summed E-state index contributed by atoms with van der Waals surface area (Å²) in [5, 5.41) is 5.46. The molecule has 3 rings (SSSR count). The predicted molar refractivity (Wildman–Crippen MR) is 93.5 cm³/mol. The van der Waals surface area contributed by atoms with E-state index in [1.807, 2.05) is 42.8 Å². The third-order valence-corrected chi connectivity index (χ3v) is 4.69. The van der Waals surface area contributed by atoms with Crippen LogP contribution in [0.2, 0.25) is 5.02 Å². The van der Waals surface area contributed by atoms with Gasteiger partial charge in [-0.3, -0.25) is 0 Å². The lowest BCUT2D eigenvalue weighted by molar-refractivity contribution is 0.909. The maximum Gasteiger partial charge on any atom is 0.187 e. The normalized spacial score (nSPS) is 10.6. The molecule has 0 aliphatic heterocycles. The van der Waals surface area contributed by atoms with Gasteiger partial charge in [0.1, 0.15) is 0 Å². The summed E-state index contributed by atoms with van der Waals surface area (Å²) in [5.41, 5.74) is 1.85. The third kappa shape index (κ3) is 3.76. The number of rotatable bonds is 5. The van der Waals surface area contributed by atoms with Crippen molar-refractivity contribution < 1.29 is 0 Å². The molecule has 4 nitrogen and oxygen atoms in total. The molecule has 0 aliphatic carbocycles. The summed E-state index contributed by atoms with van der Waals surface area (Å²) in [5.74, 6) is 0. The summed E-state index contributed by atoms with van der Waals surface area (Å²) < 4.78 is 0. The molecule has 0 fully saturated rings. The summed E-state index contributed by atoms with van der Waals surface area (Å²) in [6.07, 6.45) is 6.11. The van der Waals surface area contributed by atoms with Gasteiger partial charge >= 0.3 is 0 Å². The van der Waals surface area contributed by atoms with E-state index in [4.69, 9.17) is 11.6 Å². The van der Waals surface area contributed by atoms with E-state index < -0.39 is 0 Å². The molecule has 7 heteroatoms. The zero-order valence-electron chi connectivity index (χ0n) is 11.8. The largest absolute Gasteiger partial charge is 0.332 e. The van der Waals surface area contributed by atoms with Crippen LogP contribution < -0.4 is 5.32 Å². The Morgan fingerprint density at radius 1 is 1.18 bits per heavy atom. The lowest BCUT2D eigenvalue weighted by Crippen LogP contribution is -1.95. The van der Waals surface area contributed by atoms with Crippen molar-refractivity contribution in [2.75, 3.05) is 11.6 Å². The van der Waals surface area contributed by atoms with E-state index in [2.05, 4.69) is 20.3 Å². The average Bonchev–Trinajstić information content (AvgIpc) is 2.97. The number of nitrogens with zero attached hydrogens (tertiary/aromatic N) is 3. The molecule has 1 N–H and O–H groups in total. The fourth-order valence-corrected chi connectivity index (χ4v) is 3.22. The SMILES string of the molecule is CSc1ncc(Cl)c(Cc2cnc(Nc3ccccc3)s2)n1. The number of hydrogen-bond donors (Lipinski definition) is 1. The summed E-state index contributed by atoms with van der Waals surface area (Å²) >= 11 is 9.27. The molecule has 0 unspecified atom stereocenters. The van der Waals surface area contributed by atoms with Crippen molar-refractivity contribution in [3.05, 3.63) is 58.3 Å². The van der Waals surface area contributed by atoms with Crippen molar-refractivity contribution in [1.29, 1.82) is 0 Å². The Balaban J connectivity index is 1.74. The number of anilines is 2. The van der Waals surface area contributed by atoms with Gasteiger partial charge in [0.15, 0.2) is 10.3 Å². The minimum Gasteiger partial charge on any atom is -0.332 e. The van der Waals surface area contributed by atoms with E-state index in [1.165, 1.54) is 11.8 Å². The van der Waals surface area contributed by atoms with Gasteiger partial charge in [-0.2, -0.15) is 0 Å². The summed E-state index contributed by atoms with van der Waals surface area (Å²) in [7, 11) is 0. The molecule has 0 saturated heterocycles. The van der Waals surface area contributed by atoms with Crippen LogP contribution in [0.25, 0.3) is 0 Å². The van der Waals surface area contributed by atoms with Crippen LogP contribution in [-0.2, 0) is 6.42 Å². The van der Waals surface area contributed by atoms with Gasteiger partial charge < -0.3 is 5.32 Å². The first kappa shape index (κ1) is 15.3. The zero-order valence-corrected chi connectivity index (χ0v) is 14.2. The number of para-hydroxylation sites is 1. The van der Waals surface area contributed by atoms with Gasteiger partial charge in [0, 0.05) is 23.2 Å². The highest BCUT2D eigenvalue weighted by Crippen LogP contribution is 2.26. The number of benzene rings is 1. The van der Waals surface area contributed by atoms with Crippen LogP contribution in [-0.4, -0.2) is 21.2 Å². The topological polar surface area (TPSA) is 50.7 Å². The Morgan fingerprint density at radius 3 is 2.77 bits per heavy atom. The second-order valence-electron chi connectivity index (χ2n) is 4.45. The van der Waals surface area contributed by atoms with E-state index in [-0.39, 0.29) is 0 Å². The Kier molecular flexibility index (Phi) is 4.92. The number of aromatic nitrogens is 3. The smallest absolute Gasteiger partial charge is 0.187 e. The van der Waals surface area contributed by atoms with Crippen molar-refractivity contribution in [2.45, 2.75) is 11.6 Å². The Hall–Kier alpha value is -1.63. The second-order valence-corrected chi connectivity index (χ2v) is 6.75. The monoisotopic (exact) mass is 348 g/mol. The maximum atomic E-state index is 6.17. The Bertz CT molecular complexity index is 761. The lowest BCUT2D eigenvalue weighted by atomic mass is 10.3. The second kappa shape index (κ2) is 7.09. The zero-order chi connectivity index (χ0) is 15.4. The van der Waals surface area contributed by atoms with Crippen LogP contribution >= 0.6 is 34.7 Å². The third-order valence-electron chi connectivity index (χ3n) is 2.90. The molecule has 0 bridgehead atoms. The summed E-state index contributed by atoms with van der Waals surface area (Å²) in [6, 6.07) is 9.97. The van der Waals surface area contributed by atoms with Crippen molar-refractivity contribution >= 4 is 45.5 Å². The first-order valence-electron chi connectivity index (χ1n) is 6.57. The molecule has 2 heterocycles. The van der Waals surface area contributed by atoms with Gasteiger partial charge in [-0.1, -0.05) is 41.6 Å². The van der Waals surface area contributed by atoms with Crippen molar-refractivity contribution in [3.63, 3.8) is 0 Å². The predicted octanol–water partition coefficient (Wildman–Crippen LogP) is 4.64. The summed E-state index contributed by atoms with van der Waals surface area (Å²) in [4.78, 5) is 14.1. The van der Waals surface area contributed by atoms with Crippen LogP contribution in [0, 0.1) is 0 Å². The number of thiazole rings is 1. The lowest BCUT2D eigenvalue weighted by Gasteiger charge is -2.03. The van der Waals surface area contributed by atoms with Crippen LogP contribution in [0.5, 0.6) is 0 Å². The minimum atomic E-state index is 0.587. The number of hydrogen-bond acceptors (Lipinski definition) is 6. The number of nitrogens with one attached hydrogen (secondary N) is 1. The van der Waals surface area contributed by atoms with Crippen LogP contribution in [0.3, 0.4) is 0 Å². The Morgan fingerprint density at radius 2 is 2.00 bits per heavy atom. The molecule has 2 aromatic heterocycles. The standard InChI is InChI=1S/C15H13ClN4S2/c1-21-14-18-9-12(16)13(20-14)7-11-8-17-15(22-11)19-10-5-3-2-4-6-10/h2-6,8-9H,7H2,1H3,(H,17,19).